The Morgan fingerprint density at radius 3 is 2.67 bits per heavy atom. The van der Waals surface area contributed by atoms with Crippen molar-refractivity contribution in [1.82, 2.24) is 5.32 Å². The van der Waals surface area contributed by atoms with Crippen molar-refractivity contribution in [2.75, 3.05) is 6.26 Å². The molecule has 0 aromatic heterocycles. The molecular weight excluding hydrogens is 284 g/mol. The first-order chi connectivity index (χ1) is 10.1. The highest BCUT2D eigenvalue weighted by Crippen LogP contribution is 2.29. The molecule has 0 spiro atoms. The van der Waals surface area contributed by atoms with Crippen molar-refractivity contribution >= 4 is 17.4 Å². The molecule has 116 valence electrons. The minimum absolute atomic E-state index is 0.179. The smallest absolute Gasteiger partial charge is 0.269 e. The molecule has 0 amide bonds. The zero-order valence-electron chi connectivity index (χ0n) is 12.7. The van der Waals surface area contributed by atoms with Crippen LogP contribution in [0.2, 0.25) is 0 Å². The van der Waals surface area contributed by atoms with Crippen LogP contribution in [0.15, 0.2) is 24.3 Å². The molecule has 0 bridgehead atoms. The number of benzene rings is 1. The summed E-state index contributed by atoms with van der Waals surface area (Å²) in [5, 5.41) is 15.4. The van der Waals surface area contributed by atoms with Gasteiger partial charge in [-0.15, -0.1) is 0 Å². The summed E-state index contributed by atoms with van der Waals surface area (Å²) >= 11 is 1.97. The van der Waals surface area contributed by atoms with Gasteiger partial charge in [0.25, 0.3) is 5.69 Å². The van der Waals surface area contributed by atoms with E-state index < -0.39 is 0 Å². The van der Waals surface area contributed by atoms with Crippen molar-refractivity contribution in [3.63, 3.8) is 0 Å². The Bertz CT molecular complexity index is 473. The number of nitro groups is 1. The predicted octanol–water partition coefficient (Wildman–Crippen LogP) is 4.31. The highest BCUT2D eigenvalue weighted by atomic mass is 32.2. The van der Waals surface area contributed by atoms with E-state index in [1.54, 1.807) is 18.2 Å². The van der Waals surface area contributed by atoms with Gasteiger partial charge in [-0.2, -0.15) is 11.8 Å². The summed E-state index contributed by atoms with van der Waals surface area (Å²) in [6, 6.07) is 7.77. The molecule has 1 aliphatic carbocycles. The Kier molecular flexibility index (Phi) is 6.06. The lowest BCUT2D eigenvalue weighted by Gasteiger charge is -2.31. The van der Waals surface area contributed by atoms with Gasteiger partial charge in [-0.1, -0.05) is 19.1 Å². The molecule has 1 atom stereocenters. The highest BCUT2D eigenvalue weighted by Gasteiger charge is 2.23. The van der Waals surface area contributed by atoms with Gasteiger partial charge in [-0.25, -0.2) is 0 Å². The minimum Gasteiger partial charge on any atom is -0.307 e. The summed E-state index contributed by atoms with van der Waals surface area (Å²) in [7, 11) is 0. The lowest BCUT2D eigenvalue weighted by atomic mass is 9.93. The van der Waals surface area contributed by atoms with Gasteiger partial charge in [0, 0.05) is 29.5 Å². The number of nitrogens with zero attached hydrogens (tertiary/aromatic N) is 1. The fourth-order valence-electron chi connectivity index (χ4n) is 3.05. The van der Waals surface area contributed by atoms with Crippen LogP contribution in [0.5, 0.6) is 0 Å². The zero-order chi connectivity index (χ0) is 15.2. The molecule has 0 aliphatic heterocycles. The average molecular weight is 308 g/mol. The van der Waals surface area contributed by atoms with E-state index in [0.29, 0.717) is 6.04 Å². The number of nitrogens with one attached hydrogen (secondary N) is 1. The summed E-state index contributed by atoms with van der Waals surface area (Å²) in [5.74, 6) is 0. The van der Waals surface area contributed by atoms with E-state index in [2.05, 4.69) is 18.5 Å². The normalized spacial score (nSPS) is 23.7. The number of hydrogen-bond acceptors (Lipinski definition) is 4. The molecule has 1 aromatic carbocycles. The van der Waals surface area contributed by atoms with Crippen molar-refractivity contribution < 1.29 is 4.92 Å². The standard InChI is InChI=1S/C16H24N2O2S/c1-3-16(12-5-4-6-14(11-12)18(19)20)17-13-7-9-15(21-2)10-8-13/h4-6,11,13,15-17H,3,7-10H2,1-2H3. The van der Waals surface area contributed by atoms with Crippen molar-refractivity contribution in [1.29, 1.82) is 0 Å². The molecule has 2 rings (SSSR count). The van der Waals surface area contributed by atoms with Gasteiger partial charge in [-0.3, -0.25) is 10.1 Å². The third-order valence-corrected chi connectivity index (χ3v) is 5.47. The molecular formula is C16H24N2O2S. The molecule has 21 heavy (non-hydrogen) atoms. The van der Waals surface area contributed by atoms with Gasteiger partial charge < -0.3 is 5.32 Å². The highest BCUT2D eigenvalue weighted by molar-refractivity contribution is 7.99. The quantitative estimate of drug-likeness (QED) is 0.628. The summed E-state index contributed by atoms with van der Waals surface area (Å²) in [6.45, 7) is 2.13. The molecule has 1 N–H and O–H groups in total. The molecule has 1 fully saturated rings. The SMILES string of the molecule is CCC(NC1CCC(SC)CC1)c1cccc([N+](=O)[O-])c1. The second-order valence-electron chi connectivity index (χ2n) is 5.69. The molecule has 0 heterocycles. The van der Waals surface area contributed by atoms with Crippen molar-refractivity contribution in [2.24, 2.45) is 0 Å². The van der Waals surface area contributed by atoms with Gasteiger partial charge in [0.1, 0.15) is 0 Å². The molecule has 5 heteroatoms. The first kappa shape index (κ1) is 16.3. The van der Waals surface area contributed by atoms with E-state index in [0.717, 1.165) is 17.2 Å². The Morgan fingerprint density at radius 2 is 2.10 bits per heavy atom. The van der Waals surface area contributed by atoms with Crippen LogP contribution in [0.25, 0.3) is 0 Å². The van der Waals surface area contributed by atoms with E-state index in [9.17, 15) is 10.1 Å². The Labute approximate surface area is 130 Å². The van der Waals surface area contributed by atoms with E-state index in [1.807, 2.05) is 17.8 Å². The molecule has 0 saturated heterocycles. The minimum atomic E-state index is -0.320. The van der Waals surface area contributed by atoms with Gasteiger partial charge in [0.2, 0.25) is 0 Å². The van der Waals surface area contributed by atoms with Gasteiger partial charge >= 0.3 is 0 Å². The van der Waals surface area contributed by atoms with Gasteiger partial charge in [0.05, 0.1) is 4.92 Å². The van der Waals surface area contributed by atoms with Crippen molar-refractivity contribution in [2.45, 2.75) is 56.4 Å². The second kappa shape index (κ2) is 7.80. The topological polar surface area (TPSA) is 55.2 Å². The van der Waals surface area contributed by atoms with Crippen LogP contribution in [0.1, 0.15) is 50.6 Å². The van der Waals surface area contributed by atoms with Crippen LogP contribution in [0.3, 0.4) is 0 Å². The average Bonchev–Trinajstić information content (AvgIpc) is 2.53. The lowest BCUT2D eigenvalue weighted by Crippen LogP contribution is -2.36. The van der Waals surface area contributed by atoms with Crippen LogP contribution in [-0.2, 0) is 0 Å². The lowest BCUT2D eigenvalue weighted by molar-refractivity contribution is -0.384. The number of nitro benzene ring substituents is 1. The first-order valence-corrected chi connectivity index (χ1v) is 8.96. The fourth-order valence-corrected chi connectivity index (χ4v) is 3.80. The van der Waals surface area contributed by atoms with Gasteiger partial charge in [0.15, 0.2) is 0 Å². The number of thioether (sulfide) groups is 1. The molecule has 1 unspecified atom stereocenters. The molecule has 4 nitrogen and oxygen atoms in total. The Balaban J connectivity index is 2.00. The maximum absolute atomic E-state index is 10.9. The molecule has 1 aromatic rings. The first-order valence-electron chi connectivity index (χ1n) is 7.67. The van der Waals surface area contributed by atoms with Crippen LogP contribution in [0, 0.1) is 10.1 Å². The number of rotatable bonds is 6. The third kappa shape index (κ3) is 4.45. The van der Waals surface area contributed by atoms with Gasteiger partial charge in [-0.05, 0) is 43.9 Å². The Morgan fingerprint density at radius 1 is 1.38 bits per heavy atom. The van der Waals surface area contributed by atoms with E-state index in [-0.39, 0.29) is 16.7 Å². The van der Waals surface area contributed by atoms with E-state index >= 15 is 0 Å². The molecule has 1 aliphatic rings. The summed E-state index contributed by atoms with van der Waals surface area (Å²) in [6.07, 6.45) is 8.09. The second-order valence-corrected chi connectivity index (χ2v) is 6.83. The zero-order valence-corrected chi connectivity index (χ0v) is 13.6. The van der Waals surface area contributed by atoms with E-state index in [4.69, 9.17) is 0 Å². The fraction of sp³-hybridized carbons (Fsp3) is 0.625. The maximum Gasteiger partial charge on any atom is 0.269 e. The van der Waals surface area contributed by atoms with Crippen molar-refractivity contribution in [3.8, 4) is 0 Å². The monoisotopic (exact) mass is 308 g/mol. The Hall–Kier alpha value is -1.07. The summed E-state index contributed by atoms with van der Waals surface area (Å²) in [5.41, 5.74) is 1.21. The van der Waals surface area contributed by atoms with Crippen molar-refractivity contribution in [3.05, 3.63) is 39.9 Å². The molecule has 0 radical (unpaired) electrons. The maximum atomic E-state index is 10.9. The summed E-state index contributed by atoms with van der Waals surface area (Å²) < 4.78 is 0. The van der Waals surface area contributed by atoms with Crippen LogP contribution >= 0.6 is 11.8 Å². The van der Waals surface area contributed by atoms with Crippen LogP contribution in [0.4, 0.5) is 5.69 Å². The van der Waals surface area contributed by atoms with Crippen LogP contribution < -0.4 is 5.32 Å². The largest absolute Gasteiger partial charge is 0.307 e. The number of non-ortho nitro benzene ring substituents is 1. The third-order valence-electron chi connectivity index (χ3n) is 4.34. The molecule has 1 saturated carbocycles. The number of hydrogen-bond donors (Lipinski definition) is 1. The van der Waals surface area contributed by atoms with Crippen LogP contribution in [-0.4, -0.2) is 22.5 Å². The van der Waals surface area contributed by atoms with E-state index in [1.165, 1.54) is 25.7 Å². The predicted molar refractivity (Wildman–Crippen MR) is 88.8 cm³/mol. The summed E-state index contributed by atoms with van der Waals surface area (Å²) in [4.78, 5) is 10.6.